The van der Waals surface area contributed by atoms with Gasteiger partial charge in [-0.05, 0) is 49.5 Å². The van der Waals surface area contributed by atoms with Gasteiger partial charge in [0.15, 0.2) is 28.8 Å². The lowest BCUT2D eigenvalue weighted by Gasteiger charge is -2.09. The first-order valence-electron chi connectivity index (χ1n) is 8.48. The van der Waals surface area contributed by atoms with Crippen LogP contribution in [-0.2, 0) is 0 Å². The number of methoxy groups -OCH3 is 2. The second-order valence-electron chi connectivity index (χ2n) is 5.61. The Morgan fingerprint density at radius 2 is 1.96 bits per heavy atom. The summed E-state index contributed by atoms with van der Waals surface area (Å²) in [5.74, 6) is 2.06. The molecule has 2 N–H and O–H groups in total. The standard InChI is InChI=1S/C19H20N4O4S/c1-4-27-15-7-5-6-13(17(15)24)11-20-23-18(21-22-19(23)28)12-8-9-14(25-2)16(10-12)26-3/h5-11,24H,4H2,1-3H3,(H,22,28). The topological polar surface area (TPSA) is 93.9 Å². The van der Waals surface area contributed by atoms with E-state index in [0.717, 1.165) is 5.56 Å². The quantitative estimate of drug-likeness (QED) is 0.465. The van der Waals surface area contributed by atoms with Gasteiger partial charge in [-0.15, -0.1) is 0 Å². The number of nitrogens with zero attached hydrogens (tertiary/aromatic N) is 3. The maximum Gasteiger partial charge on any atom is 0.216 e. The van der Waals surface area contributed by atoms with Gasteiger partial charge in [-0.1, -0.05) is 6.07 Å². The lowest BCUT2D eigenvalue weighted by Crippen LogP contribution is -1.98. The number of H-pyrrole nitrogens is 1. The number of phenols is 1. The molecule has 1 aromatic heterocycles. The van der Waals surface area contributed by atoms with Crippen molar-refractivity contribution in [2.75, 3.05) is 20.8 Å². The second kappa shape index (κ2) is 8.57. The van der Waals surface area contributed by atoms with Crippen LogP contribution in [0.5, 0.6) is 23.0 Å². The zero-order chi connectivity index (χ0) is 20.1. The number of para-hydroxylation sites is 1. The summed E-state index contributed by atoms with van der Waals surface area (Å²) in [6.07, 6.45) is 1.49. The Kier molecular flexibility index (Phi) is 5.95. The molecule has 146 valence electrons. The fourth-order valence-corrected chi connectivity index (χ4v) is 2.78. The van der Waals surface area contributed by atoms with Gasteiger partial charge in [0.05, 0.1) is 27.0 Å². The van der Waals surface area contributed by atoms with Crippen molar-refractivity contribution in [3.63, 3.8) is 0 Å². The van der Waals surface area contributed by atoms with Crippen molar-refractivity contribution in [2.24, 2.45) is 5.10 Å². The van der Waals surface area contributed by atoms with E-state index in [0.29, 0.717) is 40.0 Å². The van der Waals surface area contributed by atoms with Gasteiger partial charge in [0, 0.05) is 11.1 Å². The number of hydrogen-bond donors (Lipinski definition) is 2. The fraction of sp³-hybridized carbons (Fsp3) is 0.211. The van der Waals surface area contributed by atoms with Crippen LogP contribution in [0.2, 0.25) is 0 Å². The molecule has 0 saturated carbocycles. The van der Waals surface area contributed by atoms with E-state index in [1.54, 1.807) is 44.6 Å². The largest absolute Gasteiger partial charge is 0.504 e. The average molecular weight is 400 g/mol. The van der Waals surface area contributed by atoms with E-state index in [2.05, 4.69) is 15.3 Å². The van der Waals surface area contributed by atoms with Crippen molar-refractivity contribution in [3.8, 4) is 34.4 Å². The second-order valence-corrected chi connectivity index (χ2v) is 5.99. The molecular weight excluding hydrogens is 380 g/mol. The van der Waals surface area contributed by atoms with Crippen molar-refractivity contribution in [1.29, 1.82) is 0 Å². The minimum Gasteiger partial charge on any atom is -0.504 e. The number of aromatic nitrogens is 3. The highest BCUT2D eigenvalue weighted by Gasteiger charge is 2.13. The Morgan fingerprint density at radius 3 is 2.68 bits per heavy atom. The molecular formula is C19H20N4O4S. The summed E-state index contributed by atoms with van der Waals surface area (Å²) in [6, 6.07) is 10.6. The third-order valence-electron chi connectivity index (χ3n) is 3.93. The predicted molar refractivity (Wildman–Crippen MR) is 108 cm³/mol. The molecule has 2 aromatic carbocycles. The normalized spacial score (nSPS) is 11.0. The highest BCUT2D eigenvalue weighted by Crippen LogP contribution is 2.32. The van der Waals surface area contributed by atoms with Crippen LogP contribution >= 0.6 is 12.2 Å². The molecule has 3 aromatic rings. The van der Waals surface area contributed by atoms with E-state index in [1.165, 1.54) is 10.9 Å². The van der Waals surface area contributed by atoms with Crippen LogP contribution < -0.4 is 14.2 Å². The number of aromatic amines is 1. The minimum absolute atomic E-state index is 0.00998. The minimum atomic E-state index is 0.00998. The Balaban J connectivity index is 2.00. The summed E-state index contributed by atoms with van der Waals surface area (Å²) >= 11 is 5.29. The molecule has 0 aliphatic heterocycles. The van der Waals surface area contributed by atoms with Gasteiger partial charge >= 0.3 is 0 Å². The summed E-state index contributed by atoms with van der Waals surface area (Å²) in [5, 5.41) is 21.7. The van der Waals surface area contributed by atoms with Crippen molar-refractivity contribution in [2.45, 2.75) is 6.92 Å². The predicted octanol–water partition coefficient (Wildman–Crippen LogP) is 3.61. The SMILES string of the molecule is CCOc1cccc(C=Nn2c(-c3ccc(OC)c(OC)c3)n[nH]c2=S)c1O. The molecule has 1 heterocycles. The summed E-state index contributed by atoms with van der Waals surface area (Å²) in [4.78, 5) is 0. The number of ether oxygens (including phenoxy) is 3. The molecule has 9 heteroatoms. The van der Waals surface area contributed by atoms with Crippen molar-refractivity contribution in [1.82, 2.24) is 14.9 Å². The van der Waals surface area contributed by atoms with Crippen LogP contribution in [0.1, 0.15) is 12.5 Å². The van der Waals surface area contributed by atoms with E-state index < -0.39 is 0 Å². The van der Waals surface area contributed by atoms with Crippen molar-refractivity contribution < 1.29 is 19.3 Å². The van der Waals surface area contributed by atoms with Gasteiger partial charge in [0.2, 0.25) is 4.77 Å². The van der Waals surface area contributed by atoms with E-state index in [1.807, 2.05) is 13.0 Å². The first-order valence-corrected chi connectivity index (χ1v) is 8.88. The Morgan fingerprint density at radius 1 is 1.18 bits per heavy atom. The fourth-order valence-electron chi connectivity index (χ4n) is 2.60. The molecule has 0 fully saturated rings. The summed E-state index contributed by atoms with van der Waals surface area (Å²) in [6.45, 7) is 2.30. The zero-order valence-corrected chi connectivity index (χ0v) is 16.5. The Hall–Kier alpha value is -3.33. The monoisotopic (exact) mass is 400 g/mol. The van der Waals surface area contributed by atoms with Crippen LogP contribution in [0.3, 0.4) is 0 Å². The first-order chi connectivity index (χ1) is 13.6. The Bertz CT molecular complexity index is 1060. The average Bonchev–Trinajstić information content (AvgIpc) is 3.08. The first kappa shape index (κ1) is 19.4. The molecule has 0 amide bonds. The smallest absolute Gasteiger partial charge is 0.216 e. The number of benzene rings is 2. The lowest BCUT2D eigenvalue weighted by atomic mass is 10.2. The van der Waals surface area contributed by atoms with E-state index in [9.17, 15) is 5.11 Å². The van der Waals surface area contributed by atoms with Crippen LogP contribution in [0, 0.1) is 4.77 Å². The van der Waals surface area contributed by atoms with E-state index >= 15 is 0 Å². The van der Waals surface area contributed by atoms with Crippen LogP contribution in [0.25, 0.3) is 11.4 Å². The van der Waals surface area contributed by atoms with Crippen LogP contribution in [0.4, 0.5) is 0 Å². The van der Waals surface area contributed by atoms with Gasteiger partial charge in [0.25, 0.3) is 0 Å². The van der Waals surface area contributed by atoms with Gasteiger partial charge in [0.1, 0.15) is 0 Å². The number of aromatic hydroxyl groups is 1. The maximum atomic E-state index is 10.3. The van der Waals surface area contributed by atoms with Gasteiger partial charge in [-0.25, -0.2) is 5.10 Å². The molecule has 0 saturated heterocycles. The van der Waals surface area contributed by atoms with Crippen molar-refractivity contribution in [3.05, 3.63) is 46.7 Å². The number of nitrogens with one attached hydrogen (secondary N) is 1. The summed E-state index contributed by atoms with van der Waals surface area (Å²) in [5.41, 5.74) is 1.22. The number of hydrogen-bond acceptors (Lipinski definition) is 7. The summed E-state index contributed by atoms with van der Waals surface area (Å²) in [7, 11) is 3.13. The van der Waals surface area contributed by atoms with Gasteiger partial charge < -0.3 is 19.3 Å². The molecule has 0 radical (unpaired) electrons. The zero-order valence-electron chi connectivity index (χ0n) is 15.7. The van der Waals surface area contributed by atoms with E-state index in [-0.39, 0.29) is 5.75 Å². The molecule has 0 bridgehead atoms. The van der Waals surface area contributed by atoms with E-state index in [4.69, 9.17) is 26.4 Å². The van der Waals surface area contributed by atoms with Crippen LogP contribution in [0.15, 0.2) is 41.5 Å². The van der Waals surface area contributed by atoms with Crippen molar-refractivity contribution >= 4 is 18.4 Å². The Labute approximate surface area is 167 Å². The number of phenolic OH excluding ortho intramolecular Hbond substituents is 1. The molecule has 8 nitrogen and oxygen atoms in total. The summed E-state index contributed by atoms with van der Waals surface area (Å²) < 4.78 is 17.8. The highest BCUT2D eigenvalue weighted by molar-refractivity contribution is 7.71. The molecule has 0 aliphatic carbocycles. The molecule has 0 spiro atoms. The highest BCUT2D eigenvalue weighted by atomic mass is 32.1. The molecule has 28 heavy (non-hydrogen) atoms. The molecule has 0 aliphatic rings. The maximum absolute atomic E-state index is 10.3. The lowest BCUT2D eigenvalue weighted by molar-refractivity contribution is 0.318. The molecule has 3 rings (SSSR count). The van der Waals surface area contributed by atoms with Crippen LogP contribution in [-0.4, -0.2) is 47.0 Å². The third kappa shape index (κ3) is 3.84. The molecule has 0 unspecified atom stereocenters. The van der Waals surface area contributed by atoms with Gasteiger partial charge in [-0.2, -0.15) is 14.9 Å². The third-order valence-corrected chi connectivity index (χ3v) is 4.20. The molecule has 0 atom stereocenters. The van der Waals surface area contributed by atoms with Gasteiger partial charge in [-0.3, -0.25) is 0 Å². The number of rotatable bonds is 7.